The lowest BCUT2D eigenvalue weighted by molar-refractivity contribution is -1.02. The maximum Gasteiger partial charge on any atom is 0.127 e. The summed E-state index contributed by atoms with van der Waals surface area (Å²) in [5.41, 5.74) is 0. The van der Waals surface area contributed by atoms with Gasteiger partial charge >= 0.3 is 0 Å². The lowest BCUT2D eigenvalue weighted by atomic mass is 9.95. The first-order chi connectivity index (χ1) is 7.36. The van der Waals surface area contributed by atoms with Crippen LogP contribution in [0.5, 0.6) is 0 Å². The van der Waals surface area contributed by atoms with Crippen molar-refractivity contribution in [2.75, 3.05) is 33.2 Å². The molecule has 1 saturated heterocycles. The molecule has 2 aliphatic rings. The molecule has 0 unspecified atom stereocenters. The van der Waals surface area contributed by atoms with Crippen LogP contribution in [0.2, 0.25) is 0 Å². The lowest BCUT2D eigenvalue weighted by Crippen LogP contribution is -3.28. The summed E-state index contributed by atoms with van der Waals surface area (Å²) in [7, 11) is 2.34. The molecule has 0 amide bonds. The molecular weight excluding hydrogens is 184 g/mol. The third kappa shape index (κ3) is 3.46. The van der Waals surface area contributed by atoms with Gasteiger partial charge in [0.25, 0.3) is 0 Å². The molecule has 1 aliphatic heterocycles. The van der Waals surface area contributed by atoms with Crippen molar-refractivity contribution in [2.45, 2.75) is 51.0 Å². The van der Waals surface area contributed by atoms with E-state index in [1.807, 2.05) is 4.90 Å². The molecule has 2 fully saturated rings. The Bertz CT molecular complexity index is 165. The van der Waals surface area contributed by atoms with Crippen LogP contribution in [-0.4, -0.2) is 39.3 Å². The largest absolute Gasteiger partial charge is 0.328 e. The highest BCUT2D eigenvalue weighted by atomic mass is 15.3. The van der Waals surface area contributed by atoms with Gasteiger partial charge in [0.2, 0.25) is 0 Å². The van der Waals surface area contributed by atoms with Crippen LogP contribution in [0.25, 0.3) is 0 Å². The maximum atomic E-state index is 2.34. The number of hydrogen-bond donors (Lipinski definition) is 2. The Kier molecular flexibility index (Phi) is 4.45. The zero-order valence-corrected chi connectivity index (χ0v) is 10.4. The van der Waals surface area contributed by atoms with Crippen molar-refractivity contribution in [1.29, 1.82) is 0 Å². The summed E-state index contributed by atoms with van der Waals surface area (Å²) in [5.74, 6) is 0. The van der Waals surface area contributed by atoms with Crippen molar-refractivity contribution in [3.8, 4) is 0 Å². The maximum absolute atomic E-state index is 2.34. The fourth-order valence-corrected chi connectivity index (χ4v) is 3.27. The van der Waals surface area contributed by atoms with Gasteiger partial charge in [-0.1, -0.05) is 19.3 Å². The summed E-state index contributed by atoms with van der Waals surface area (Å²) >= 11 is 0. The zero-order valence-electron chi connectivity index (χ0n) is 10.4. The SMILES string of the molecule is C[NH+]1CC[NH+](C2CCCCCCC2)CC1. The summed E-state index contributed by atoms with van der Waals surface area (Å²) in [6.45, 7) is 5.64. The van der Waals surface area contributed by atoms with Crippen molar-refractivity contribution in [2.24, 2.45) is 0 Å². The third-order valence-electron chi connectivity index (χ3n) is 4.43. The molecule has 0 atom stereocenters. The minimum Gasteiger partial charge on any atom is -0.328 e. The first kappa shape index (κ1) is 11.4. The predicted molar refractivity (Wildman–Crippen MR) is 63.4 cm³/mol. The summed E-state index contributed by atoms with van der Waals surface area (Å²) < 4.78 is 0. The van der Waals surface area contributed by atoms with Gasteiger partial charge in [0, 0.05) is 0 Å². The zero-order chi connectivity index (χ0) is 10.5. The number of likely N-dealkylation sites (N-methyl/N-ethyl adjacent to an activating group) is 1. The van der Waals surface area contributed by atoms with E-state index in [0.29, 0.717) is 0 Å². The van der Waals surface area contributed by atoms with Gasteiger partial charge < -0.3 is 9.80 Å². The van der Waals surface area contributed by atoms with Gasteiger partial charge in [0.1, 0.15) is 26.2 Å². The van der Waals surface area contributed by atoms with E-state index in [0.717, 1.165) is 6.04 Å². The van der Waals surface area contributed by atoms with E-state index >= 15 is 0 Å². The van der Waals surface area contributed by atoms with Crippen molar-refractivity contribution in [1.82, 2.24) is 0 Å². The molecule has 0 aromatic carbocycles. The molecule has 2 rings (SSSR count). The summed E-state index contributed by atoms with van der Waals surface area (Å²) in [6.07, 6.45) is 10.5. The summed E-state index contributed by atoms with van der Waals surface area (Å²) in [6, 6.07) is 1.01. The van der Waals surface area contributed by atoms with Crippen molar-refractivity contribution in [3.05, 3.63) is 0 Å². The van der Waals surface area contributed by atoms with Gasteiger partial charge in [-0.15, -0.1) is 0 Å². The molecular formula is C13H28N2+2. The van der Waals surface area contributed by atoms with Crippen LogP contribution in [0.4, 0.5) is 0 Å². The molecule has 0 bridgehead atoms. The van der Waals surface area contributed by atoms with Crippen LogP contribution in [-0.2, 0) is 0 Å². The Morgan fingerprint density at radius 1 is 0.733 bits per heavy atom. The molecule has 1 heterocycles. The van der Waals surface area contributed by atoms with E-state index in [1.165, 1.54) is 71.1 Å². The van der Waals surface area contributed by atoms with Gasteiger partial charge in [0.05, 0.1) is 13.1 Å². The molecule has 1 aliphatic carbocycles. The van der Waals surface area contributed by atoms with Crippen LogP contribution >= 0.6 is 0 Å². The molecule has 1 saturated carbocycles. The fraction of sp³-hybridized carbons (Fsp3) is 1.00. The van der Waals surface area contributed by atoms with Gasteiger partial charge in [-0.2, -0.15) is 0 Å². The number of hydrogen-bond acceptors (Lipinski definition) is 0. The molecule has 2 heteroatoms. The highest BCUT2D eigenvalue weighted by Gasteiger charge is 2.27. The van der Waals surface area contributed by atoms with Gasteiger partial charge in [-0.3, -0.25) is 0 Å². The first-order valence-electron chi connectivity index (χ1n) is 7.02. The van der Waals surface area contributed by atoms with Crippen molar-refractivity contribution in [3.63, 3.8) is 0 Å². The average Bonchev–Trinajstić information content (AvgIpc) is 2.19. The number of piperazine rings is 1. The lowest BCUT2D eigenvalue weighted by Gasteiger charge is -2.34. The van der Waals surface area contributed by atoms with E-state index in [2.05, 4.69) is 7.05 Å². The van der Waals surface area contributed by atoms with Gasteiger partial charge in [-0.25, -0.2) is 0 Å². The average molecular weight is 212 g/mol. The van der Waals surface area contributed by atoms with Gasteiger partial charge in [-0.05, 0) is 25.7 Å². The smallest absolute Gasteiger partial charge is 0.127 e. The highest BCUT2D eigenvalue weighted by Crippen LogP contribution is 2.15. The van der Waals surface area contributed by atoms with Crippen LogP contribution in [0.1, 0.15) is 44.9 Å². The van der Waals surface area contributed by atoms with Crippen LogP contribution in [0, 0.1) is 0 Å². The molecule has 0 spiro atoms. The topological polar surface area (TPSA) is 8.88 Å². The summed E-state index contributed by atoms with van der Waals surface area (Å²) in [4.78, 5) is 3.67. The minimum absolute atomic E-state index is 1.01. The Morgan fingerprint density at radius 2 is 1.27 bits per heavy atom. The van der Waals surface area contributed by atoms with E-state index < -0.39 is 0 Å². The molecule has 2 nitrogen and oxygen atoms in total. The van der Waals surface area contributed by atoms with Gasteiger partial charge in [0.15, 0.2) is 0 Å². The molecule has 0 aromatic rings. The Balaban J connectivity index is 1.79. The molecule has 0 aromatic heterocycles. The molecule has 0 radical (unpaired) electrons. The van der Waals surface area contributed by atoms with E-state index in [-0.39, 0.29) is 0 Å². The van der Waals surface area contributed by atoms with E-state index in [1.54, 1.807) is 4.90 Å². The van der Waals surface area contributed by atoms with Crippen LogP contribution < -0.4 is 9.80 Å². The molecule has 2 N–H and O–H groups in total. The molecule has 88 valence electrons. The monoisotopic (exact) mass is 212 g/mol. The second-order valence-corrected chi connectivity index (χ2v) is 5.66. The quantitative estimate of drug-likeness (QED) is 0.581. The highest BCUT2D eigenvalue weighted by molar-refractivity contribution is 4.62. The fourth-order valence-electron chi connectivity index (χ4n) is 3.27. The second-order valence-electron chi connectivity index (χ2n) is 5.66. The van der Waals surface area contributed by atoms with E-state index in [9.17, 15) is 0 Å². The predicted octanol–water partition coefficient (Wildman–Crippen LogP) is -0.487. The van der Waals surface area contributed by atoms with Crippen molar-refractivity contribution >= 4 is 0 Å². The van der Waals surface area contributed by atoms with Crippen molar-refractivity contribution < 1.29 is 9.80 Å². The number of nitrogens with one attached hydrogen (secondary N) is 2. The first-order valence-corrected chi connectivity index (χ1v) is 7.02. The van der Waals surface area contributed by atoms with E-state index in [4.69, 9.17) is 0 Å². The number of rotatable bonds is 1. The Labute approximate surface area is 94.6 Å². The second kappa shape index (κ2) is 5.86. The van der Waals surface area contributed by atoms with Crippen LogP contribution in [0.15, 0.2) is 0 Å². The minimum atomic E-state index is 1.01. The summed E-state index contributed by atoms with van der Waals surface area (Å²) in [5, 5.41) is 0. The standard InChI is InChI=1S/C13H26N2/c1-14-9-11-15(12-10-14)13-7-5-3-2-4-6-8-13/h13H,2-12H2,1H3/p+2. The normalized spacial score (nSPS) is 35.8. The Morgan fingerprint density at radius 3 is 1.87 bits per heavy atom. The third-order valence-corrected chi connectivity index (χ3v) is 4.43. The Hall–Kier alpha value is -0.0800. The van der Waals surface area contributed by atoms with Crippen LogP contribution in [0.3, 0.4) is 0 Å². The molecule has 15 heavy (non-hydrogen) atoms. The number of quaternary nitrogens is 2.